The maximum atomic E-state index is 13.2. The highest BCUT2D eigenvalue weighted by Crippen LogP contribution is 2.33. The van der Waals surface area contributed by atoms with Crippen LogP contribution in [0.5, 0.6) is 5.75 Å². The molecule has 2 N–H and O–H groups in total. The van der Waals surface area contributed by atoms with Gasteiger partial charge in [-0.25, -0.2) is 9.37 Å². The largest absolute Gasteiger partial charge is 0.503 e. The second-order valence-electron chi connectivity index (χ2n) is 8.03. The van der Waals surface area contributed by atoms with Crippen LogP contribution in [0.3, 0.4) is 0 Å². The molecule has 33 heavy (non-hydrogen) atoms. The van der Waals surface area contributed by atoms with Crippen LogP contribution < -0.4 is 10.7 Å². The quantitative estimate of drug-likeness (QED) is 0.596. The van der Waals surface area contributed by atoms with Crippen molar-refractivity contribution in [1.29, 1.82) is 0 Å². The van der Waals surface area contributed by atoms with Crippen LogP contribution in [0.2, 0.25) is 0 Å². The number of aromatic hydroxyl groups is 1. The lowest BCUT2D eigenvalue weighted by atomic mass is 9.93. The summed E-state index contributed by atoms with van der Waals surface area (Å²) in [5, 5.41) is 13.6. The van der Waals surface area contributed by atoms with E-state index < -0.39 is 22.6 Å². The number of fused-ring (bicyclic) bond motifs is 1. The number of benzene rings is 1. The van der Waals surface area contributed by atoms with E-state index in [4.69, 9.17) is 0 Å². The number of carbonyl (C=O) groups is 2. The third-order valence-electron chi connectivity index (χ3n) is 5.89. The summed E-state index contributed by atoms with van der Waals surface area (Å²) in [6.07, 6.45) is 3.61. The van der Waals surface area contributed by atoms with Gasteiger partial charge in [0, 0.05) is 37.3 Å². The average molecular weight is 471 g/mol. The molecular formula is C23H23FN4O4S. The minimum atomic E-state index is -1.19. The summed E-state index contributed by atoms with van der Waals surface area (Å²) in [7, 11) is 1.49. The molecular weight excluding hydrogens is 447 g/mol. The van der Waals surface area contributed by atoms with E-state index in [9.17, 15) is 23.9 Å². The van der Waals surface area contributed by atoms with Gasteiger partial charge in [0.05, 0.1) is 12.1 Å². The van der Waals surface area contributed by atoms with Gasteiger partial charge < -0.3 is 19.9 Å². The first kappa shape index (κ1) is 22.7. The predicted octanol–water partition coefficient (Wildman–Crippen LogP) is 2.39. The molecule has 0 radical (unpaired) electrons. The Labute approximate surface area is 193 Å². The normalized spacial score (nSPS) is 17.7. The van der Waals surface area contributed by atoms with Crippen molar-refractivity contribution in [2.75, 3.05) is 13.6 Å². The van der Waals surface area contributed by atoms with Crippen LogP contribution in [0.15, 0.2) is 41.5 Å². The lowest BCUT2D eigenvalue weighted by Gasteiger charge is -2.44. The van der Waals surface area contributed by atoms with E-state index in [1.807, 2.05) is 0 Å². The molecule has 2 aromatic heterocycles. The molecule has 3 aromatic rings. The Morgan fingerprint density at radius 1 is 1.30 bits per heavy atom. The molecule has 4 rings (SSSR count). The van der Waals surface area contributed by atoms with Crippen molar-refractivity contribution in [2.45, 2.75) is 32.4 Å². The maximum Gasteiger partial charge on any atom is 0.275 e. The summed E-state index contributed by atoms with van der Waals surface area (Å²) in [5.41, 5.74) is -0.998. The van der Waals surface area contributed by atoms with Gasteiger partial charge in [0.15, 0.2) is 11.4 Å². The van der Waals surface area contributed by atoms with E-state index in [2.05, 4.69) is 10.3 Å². The standard InChI is InChI=1S/C23H23FN4O4S/c1-4-28-21(31)17-19(30)18(29)16(11-27(17)12-23(28,2)22(32)25-3)20-26-10-15(33-20)9-13-5-7-14(24)8-6-13/h5-8,10-11,30H,4,9,12H2,1-3H3,(H,25,32)/t23-/m1/s1. The Balaban J connectivity index is 1.75. The van der Waals surface area contributed by atoms with Gasteiger partial charge in [0.25, 0.3) is 5.91 Å². The zero-order valence-electron chi connectivity index (χ0n) is 18.4. The fourth-order valence-electron chi connectivity index (χ4n) is 4.19. The number of hydrogen-bond acceptors (Lipinski definition) is 6. The maximum absolute atomic E-state index is 13.2. The van der Waals surface area contributed by atoms with Gasteiger partial charge in [0.2, 0.25) is 11.3 Å². The van der Waals surface area contributed by atoms with Crippen LogP contribution >= 0.6 is 11.3 Å². The minimum absolute atomic E-state index is 0.0657. The van der Waals surface area contributed by atoms with Gasteiger partial charge in [-0.05, 0) is 31.5 Å². The van der Waals surface area contributed by atoms with Crippen molar-refractivity contribution in [3.05, 3.63) is 68.8 Å². The highest BCUT2D eigenvalue weighted by Gasteiger charge is 2.47. The van der Waals surface area contributed by atoms with Crippen LogP contribution in [0.1, 0.15) is 34.8 Å². The van der Waals surface area contributed by atoms with Gasteiger partial charge in [0.1, 0.15) is 16.4 Å². The number of thiazole rings is 1. The first-order valence-corrected chi connectivity index (χ1v) is 11.2. The molecule has 0 fully saturated rings. The van der Waals surface area contributed by atoms with E-state index in [0.29, 0.717) is 11.4 Å². The molecule has 10 heteroatoms. The highest BCUT2D eigenvalue weighted by molar-refractivity contribution is 7.15. The van der Waals surface area contributed by atoms with Crippen LogP contribution in [0, 0.1) is 5.82 Å². The smallest absolute Gasteiger partial charge is 0.275 e. The SMILES string of the molecule is CCN1C(=O)c2c(O)c(=O)c(-c3ncc(Cc4ccc(F)cc4)s3)cn2C[C@]1(C)C(=O)NC. The zero-order valence-corrected chi connectivity index (χ0v) is 19.2. The zero-order chi connectivity index (χ0) is 23.9. The van der Waals surface area contributed by atoms with Crippen molar-refractivity contribution in [2.24, 2.45) is 0 Å². The number of nitrogens with zero attached hydrogens (tertiary/aromatic N) is 3. The fourth-order valence-corrected chi connectivity index (χ4v) is 5.15. The average Bonchev–Trinajstić information content (AvgIpc) is 3.25. The molecule has 8 nitrogen and oxygen atoms in total. The van der Waals surface area contributed by atoms with Gasteiger partial charge >= 0.3 is 0 Å². The van der Waals surface area contributed by atoms with E-state index in [1.54, 1.807) is 32.2 Å². The Kier molecular flexibility index (Phi) is 5.79. The number of amides is 2. The number of pyridine rings is 1. The number of halogens is 1. The first-order chi connectivity index (χ1) is 15.7. The summed E-state index contributed by atoms with van der Waals surface area (Å²) in [5.74, 6) is -1.92. The molecule has 3 heterocycles. The Morgan fingerprint density at radius 2 is 2.00 bits per heavy atom. The summed E-state index contributed by atoms with van der Waals surface area (Å²) in [6.45, 7) is 3.68. The van der Waals surface area contributed by atoms with E-state index in [-0.39, 0.29) is 36.1 Å². The molecule has 172 valence electrons. The summed E-state index contributed by atoms with van der Waals surface area (Å²) in [4.78, 5) is 45.2. The third kappa shape index (κ3) is 3.80. The summed E-state index contributed by atoms with van der Waals surface area (Å²) >= 11 is 1.27. The number of likely N-dealkylation sites (N-methyl/N-ethyl adjacent to an activating group) is 2. The van der Waals surface area contributed by atoms with E-state index in [1.165, 1.54) is 46.2 Å². The Bertz CT molecular complexity index is 1300. The number of carbonyl (C=O) groups excluding carboxylic acids is 2. The summed E-state index contributed by atoms with van der Waals surface area (Å²) in [6, 6.07) is 6.12. The molecule has 0 aliphatic carbocycles. The summed E-state index contributed by atoms with van der Waals surface area (Å²) < 4.78 is 14.6. The molecule has 0 bridgehead atoms. The number of nitrogens with one attached hydrogen (secondary N) is 1. The second kappa shape index (κ2) is 8.43. The van der Waals surface area contributed by atoms with Crippen molar-refractivity contribution in [3.63, 3.8) is 0 Å². The highest BCUT2D eigenvalue weighted by atomic mass is 32.1. The Hall–Kier alpha value is -3.53. The number of aromatic nitrogens is 2. The molecule has 1 atom stereocenters. The van der Waals surface area contributed by atoms with Crippen molar-refractivity contribution in [3.8, 4) is 16.3 Å². The monoisotopic (exact) mass is 470 g/mol. The first-order valence-electron chi connectivity index (χ1n) is 10.4. The van der Waals surface area contributed by atoms with Gasteiger partial charge in [-0.15, -0.1) is 11.3 Å². The second-order valence-corrected chi connectivity index (χ2v) is 9.15. The van der Waals surface area contributed by atoms with Crippen LogP contribution in [-0.2, 0) is 17.8 Å². The van der Waals surface area contributed by atoms with Gasteiger partial charge in [-0.1, -0.05) is 12.1 Å². The van der Waals surface area contributed by atoms with Gasteiger partial charge in [-0.2, -0.15) is 0 Å². The number of rotatable bonds is 5. The topological polar surface area (TPSA) is 105 Å². The minimum Gasteiger partial charge on any atom is -0.503 e. The van der Waals surface area contributed by atoms with Crippen molar-refractivity contribution in [1.82, 2.24) is 19.8 Å². The molecule has 0 saturated heterocycles. The Morgan fingerprint density at radius 3 is 2.64 bits per heavy atom. The predicted molar refractivity (Wildman–Crippen MR) is 122 cm³/mol. The molecule has 1 aliphatic rings. The van der Waals surface area contributed by atoms with Gasteiger partial charge in [-0.3, -0.25) is 14.4 Å². The van der Waals surface area contributed by atoms with Crippen LogP contribution in [0.25, 0.3) is 10.6 Å². The van der Waals surface area contributed by atoms with Crippen molar-refractivity contribution >= 4 is 23.2 Å². The third-order valence-corrected chi connectivity index (χ3v) is 6.92. The van der Waals surface area contributed by atoms with Crippen LogP contribution in [0.4, 0.5) is 4.39 Å². The van der Waals surface area contributed by atoms with E-state index in [0.717, 1.165) is 10.4 Å². The molecule has 2 amide bonds. The molecule has 0 spiro atoms. The van der Waals surface area contributed by atoms with Crippen LogP contribution in [-0.4, -0.2) is 50.5 Å². The molecule has 1 aromatic carbocycles. The lowest BCUT2D eigenvalue weighted by molar-refractivity contribution is -0.132. The molecule has 0 unspecified atom stereocenters. The van der Waals surface area contributed by atoms with E-state index >= 15 is 0 Å². The molecule has 0 saturated carbocycles. The fraction of sp³-hybridized carbons (Fsp3) is 0.304. The molecule has 1 aliphatic heterocycles. The number of hydrogen-bond donors (Lipinski definition) is 2. The van der Waals surface area contributed by atoms with Crippen molar-refractivity contribution < 1.29 is 19.1 Å². The lowest BCUT2D eigenvalue weighted by Crippen LogP contribution is -2.63.